The van der Waals surface area contributed by atoms with Crippen LogP contribution in [0.25, 0.3) is 0 Å². The number of benzene rings is 1. The Morgan fingerprint density at radius 2 is 2.30 bits per heavy atom. The van der Waals surface area contributed by atoms with E-state index in [-0.39, 0.29) is 21.5 Å². The second-order valence-electron chi connectivity index (χ2n) is 4.51. The smallest absolute Gasteiger partial charge is 0.243 e. The Morgan fingerprint density at radius 3 is 2.90 bits per heavy atom. The van der Waals surface area contributed by atoms with Crippen molar-refractivity contribution in [3.05, 3.63) is 28.8 Å². The fourth-order valence-corrected chi connectivity index (χ4v) is 4.14. The van der Waals surface area contributed by atoms with Crippen molar-refractivity contribution < 1.29 is 13.2 Å². The molecule has 7 heteroatoms. The quantitative estimate of drug-likeness (QED) is 0.855. The SMILES string of the molecule is CCC1COCCN1S(=O)(=O)c1ccc(C#N)c(Cl)c1. The Kier molecular flexibility index (Phi) is 4.66. The summed E-state index contributed by atoms with van der Waals surface area (Å²) in [7, 11) is -3.61. The fourth-order valence-electron chi connectivity index (χ4n) is 2.16. The van der Waals surface area contributed by atoms with E-state index in [0.717, 1.165) is 0 Å². The van der Waals surface area contributed by atoms with Crippen LogP contribution < -0.4 is 0 Å². The van der Waals surface area contributed by atoms with E-state index >= 15 is 0 Å². The van der Waals surface area contributed by atoms with Gasteiger partial charge in [-0.2, -0.15) is 9.57 Å². The van der Waals surface area contributed by atoms with E-state index in [2.05, 4.69) is 0 Å². The molecule has 5 nitrogen and oxygen atoms in total. The van der Waals surface area contributed by atoms with Crippen LogP contribution in [0.1, 0.15) is 18.9 Å². The summed E-state index contributed by atoms with van der Waals surface area (Å²) < 4.78 is 32.0. The molecule has 2 rings (SSSR count). The predicted molar refractivity (Wildman–Crippen MR) is 75.0 cm³/mol. The van der Waals surface area contributed by atoms with Crippen molar-refractivity contribution in [3.63, 3.8) is 0 Å². The lowest BCUT2D eigenvalue weighted by Gasteiger charge is -2.34. The van der Waals surface area contributed by atoms with E-state index in [4.69, 9.17) is 21.6 Å². The Balaban J connectivity index is 2.39. The molecule has 1 aromatic carbocycles. The second kappa shape index (κ2) is 6.10. The second-order valence-corrected chi connectivity index (χ2v) is 6.80. The number of sulfonamides is 1. The molecular weight excluding hydrogens is 300 g/mol. The van der Waals surface area contributed by atoms with E-state index in [1.807, 2.05) is 13.0 Å². The van der Waals surface area contributed by atoms with Gasteiger partial charge >= 0.3 is 0 Å². The lowest BCUT2D eigenvalue weighted by molar-refractivity contribution is 0.0314. The Morgan fingerprint density at radius 1 is 1.55 bits per heavy atom. The number of rotatable bonds is 3. The van der Waals surface area contributed by atoms with E-state index in [1.54, 1.807) is 0 Å². The van der Waals surface area contributed by atoms with Crippen LogP contribution in [0, 0.1) is 11.3 Å². The van der Waals surface area contributed by atoms with E-state index in [1.165, 1.54) is 22.5 Å². The van der Waals surface area contributed by atoms with Gasteiger partial charge in [0.15, 0.2) is 0 Å². The van der Waals surface area contributed by atoms with Crippen molar-refractivity contribution in [1.82, 2.24) is 4.31 Å². The summed E-state index contributed by atoms with van der Waals surface area (Å²) in [6, 6.07) is 5.93. The third-order valence-electron chi connectivity index (χ3n) is 3.31. The summed E-state index contributed by atoms with van der Waals surface area (Å²) in [6.07, 6.45) is 0.684. The molecule has 1 aliphatic rings. The maximum atomic E-state index is 12.6. The van der Waals surface area contributed by atoms with Crippen molar-refractivity contribution >= 4 is 21.6 Å². The molecule has 1 unspecified atom stereocenters. The minimum Gasteiger partial charge on any atom is -0.378 e. The van der Waals surface area contributed by atoms with Crippen LogP contribution in [-0.4, -0.2) is 38.5 Å². The Hall–Kier alpha value is -1.13. The minimum atomic E-state index is -3.61. The number of hydrogen-bond acceptors (Lipinski definition) is 4. The normalized spacial score (nSPS) is 20.6. The van der Waals surface area contributed by atoms with Gasteiger partial charge in [0.2, 0.25) is 10.0 Å². The maximum Gasteiger partial charge on any atom is 0.243 e. The monoisotopic (exact) mass is 314 g/mol. The van der Waals surface area contributed by atoms with E-state index in [9.17, 15) is 8.42 Å². The molecule has 0 N–H and O–H groups in total. The van der Waals surface area contributed by atoms with Crippen LogP contribution in [0.3, 0.4) is 0 Å². The summed E-state index contributed by atoms with van der Waals surface area (Å²) >= 11 is 5.91. The van der Waals surface area contributed by atoms with E-state index in [0.29, 0.717) is 26.2 Å². The number of nitriles is 1. The van der Waals surface area contributed by atoms with Crippen LogP contribution in [0.2, 0.25) is 5.02 Å². The van der Waals surface area contributed by atoms with Crippen LogP contribution in [0.5, 0.6) is 0 Å². The molecule has 0 aromatic heterocycles. The highest BCUT2D eigenvalue weighted by molar-refractivity contribution is 7.89. The molecule has 0 amide bonds. The largest absolute Gasteiger partial charge is 0.378 e. The van der Waals surface area contributed by atoms with E-state index < -0.39 is 10.0 Å². The number of nitrogens with zero attached hydrogens (tertiary/aromatic N) is 2. The van der Waals surface area contributed by atoms with Crippen molar-refractivity contribution in [3.8, 4) is 6.07 Å². The number of hydrogen-bond donors (Lipinski definition) is 0. The average molecular weight is 315 g/mol. The number of morpholine rings is 1. The highest BCUT2D eigenvalue weighted by atomic mass is 35.5. The van der Waals surface area contributed by atoms with Gasteiger partial charge in [-0.05, 0) is 24.6 Å². The van der Waals surface area contributed by atoms with Crippen molar-refractivity contribution in [2.75, 3.05) is 19.8 Å². The predicted octanol–water partition coefficient (Wildman–Crippen LogP) is 2.01. The van der Waals surface area contributed by atoms with Gasteiger partial charge < -0.3 is 4.74 Å². The van der Waals surface area contributed by atoms with Crippen LogP contribution in [0.15, 0.2) is 23.1 Å². The molecule has 0 aliphatic carbocycles. The summed E-state index contributed by atoms with van der Waals surface area (Å²) in [6.45, 7) is 3.05. The third kappa shape index (κ3) is 2.81. The summed E-state index contributed by atoms with van der Waals surface area (Å²) in [5.41, 5.74) is 0.264. The fraction of sp³-hybridized carbons (Fsp3) is 0.462. The molecule has 1 atom stereocenters. The first kappa shape index (κ1) is 15.3. The topological polar surface area (TPSA) is 70.4 Å². The minimum absolute atomic E-state index is 0.113. The molecule has 1 fully saturated rings. The molecule has 1 aromatic rings. The summed E-state index contributed by atoms with van der Waals surface area (Å²) in [5, 5.41) is 8.98. The summed E-state index contributed by atoms with van der Waals surface area (Å²) in [4.78, 5) is 0.113. The molecule has 1 heterocycles. The van der Waals surface area contributed by atoms with Gasteiger partial charge in [0.05, 0.1) is 28.7 Å². The number of ether oxygens (including phenoxy) is 1. The molecule has 108 valence electrons. The van der Waals surface area contributed by atoms with Crippen LogP contribution in [-0.2, 0) is 14.8 Å². The average Bonchev–Trinajstić information content (AvgIpc) is 2.47. The summed E-state index contributed by atoms with van der Waals surface area (Å²) in [5.74, 6) is 0. The highest BCUT2D eigenvalue weighted by Gasteiger charge is 2.33. The van der Waals surface area contributed by atoms with Crippen molar-refractivity contribution in [1.29, 1.82) is 5.26 Å². The zero-order valence-electron chi connectivity index (χ0n) is 11.0. The van der Waals surface area contributed by atoms with Gasteiger partial charge in [-0.3, -0.25) is 0 Å². The van der Waals surface area contributed by atoms with Gasteiger partial charge in [-0.25, -0.2) is 8.42 Å². The molecule has 0 saturated carbocycles. The van der Waals surface area contributed by atoms with Gasteiger partial charge in [0.25, 0.3) is 0 Å². The molecule has 0 radical (unpaired) electrons. The van der Waals surface area contributed by atoms with Crippen LogP contribution >= 0.6 is 11.6 Å². The molecule has 1 aliphatic heterocycles. The first-order valence-corrected chi connectivity index (χ1v) is 8.11. The highest BCUT2D eigenvalue weighted by Crippen LogP contribution is 2.25. The van der Waals surface area contributed by atoms with Gasteiger partial charge in [-0.1, -0.05) is 18.5 Å². The van der Waals surface area contributed by atoms with Gasteiger partial charge in [0.1, 0.15) is 6.07 Å². The first-order chi connectivity index (χ1) is 9.50. The molecule has 1 saturated heterocycles. The van der Waals surface area contributed by atoms with Gasteiger partial charge in [-0.15, -0.1) is 0 Å². The maximum absolute atomic E-state index is 12.6. The lowest BCUT2D eigenvalue weighted by Crippen LogP contribution is -2.48. The zero-order valence-corrected chi connectivity index (χ0v) is 12.6. The third-order valence-corrected chi connectivity index (χ3v) is 5.57. The lowest BCUT2D eigenvalue weighted by atomic mass is 10.2. The number of halogens is 1. The zero-order chi connectivity index (χ0) is 14.8. The Labute approximate surface area is 123 Å². The Bertz CT molecular complexity index is 640. The van der Waals surface area contributed by atoms with Crippen molar-refractivity contribution in [2.24, 2.45) is 0 Å². The van der Waals surface area contributed by atoms with Crippen LogP contribution in [0.4, 0.5) is 0 Å². The first-order valence-electron chi connectivity index (χ1n) is 6.30. The standard InChI is InChI=1S/C13H15ClN2O3S/c1-2-11-9-19-6-5-16(11)20(17,18)12-4-3-10(8-15)13(14)7-12/h3-4,7,11H,2,5-6,9H2,1H3. The molecule has 0 spiro atoms. The van der Waals surface area contributed by atoms with Crippen molar-refractivity contribution in [2.45, 2.75) is 24.3 Å². The van der Waals surface area contributed by atoms with Gasteiger partial charge in [0, 0.05) is 12.6 Å². The molecular formula is C13H15ClN2O3S. The molecule has 20 heavy (non-hydrogen) atoms. The molecule has 0 bridgehead atoms.